The third kappa shape index (κ3) is 3.77. The van der Waals surface area contributed by atoms with Crippen LogP contribution in [0, 0.1) is 12.8 Å². The number of fused-ring (bicyclic) bond motifs is 1. The van der Waals surface area contributed by atoms with E-state index >= 15 is 0 Å². The van der Waals surface area contributed by atoms with E-state index < -0.39 is 0 Å². The molecule has 3 heterocycles. The van der Waals surface area contributed by atoms with Crippen molar-refractivity contribution >= 4 is 34.3 Å². The van der Waals surface area contributed by atoms with Crippen molar-refractivity contribution < 1.29 is 18.7 Å². The number of aromatic nitrogens is 1. The molecule has 2 saturated heterocycles. The maximum Gasteiger partial charge on any atom is 0.228 e. The molecule has 0 radical (unpaired) electrons. The van der Waals surface area contributed by atoms with Gasteiger partial charge in [-0.2, -0.15) is 0 Å². The van der Waals surface area contributed by atoms with Gasteiger partial charge in [0.25, 0.3) is 0 Å². The van der Waals surface area contributed by atoms with E-state index in [2.05, 4.69) is 16.0 Å². The largest absolute Gasteiger partial charge is 0.497 e. The number of carbonyl (C=O) groups excluding carboxylic acids is 2. The van der Waals surface area contributed by atoms with E-state index in [1.807, 2.05) is 41.3 Å². The summed E-state index contributed by atoms with van der Waals surface area (Å²) in [7, 11) is 1.66. The molecule has 8 nitrogen and oxygen atoms in total. The monoisotopic (exact) mass is 434 g/mol. The van der Waals surface area contributed by atoms with Gasteiger partial charge >= 0.3 is 0 Å². The summed E-state index contributed by atoms with van der Waals surface area (Å²) in [6.45, 7) is 4.99. The average molecular weight is 434 g/mol. The Bertz CT molecular complexity index is 1170. The third-order valence-corrected chi connectivity index (χ3v) is 6.27. The molecule has 5 rings (SSSR count). The highest BCUT2D eigenvalue weighted by Crippen LogP contribution is 2.30. The van der Waals surface area contributed by atoms with Crippen molar-refractivity contribution in [1.29, 1.82) is 0 Å². The lowest BCUT2D eigenvalue weighted by Crippen LogP contribution is -2.50. The number of ether oxygens (including phenoxy) is 1. The molecule has 0 spiro atoms. The molecule has 3 aromatic rings. The lowest BCUT2D eigenvalue weighted by atomic mass is 10.1. The molecule has 0 aliphatic carbocycles. The predicted molar refractivity (Wildman–Crippen MR) is 121 cm³/mol. The Balaban J connectivity index is 1.23. The Morgan fingerprint density at radius 2 is 1.91 bits per heavy atom. The van der Waals surface area contributed by atoms with E-state index in [4.69, 9.17) is 9.15 Å². The molecule has 0 N–H and O–H groups in total. The third-order valence-electron chi connectivity index (χ3n) is 6.27. The lowest BCUT2D eigenvalue weighted by molar-refractivity contribution is -0.136. The van der Waals surface area contributed by atoms with Crippen LogP contribution in [-0.4, -0.2) is 61.5 Å². The van der Waals surface area contributed by atoms with Crippen molar-refractivity contribution in [3.63, 3.8) is 0 Å². The van der Waals surface area contributed by atoms with Crippen LogP contribution in [-0.2, 0) is 9.59 Å². The van der Waals surface area contributed by atoms with Gasteiger partial charge in [0.1, 0.15) is 11.3 Å². The van der Waals surface area contributed by atoms with Crippen molar-refractivity contribution in [3.05, 3.63) is 48.4 Å². The minimum Gasteiger partial charge on any atom is -0.497 e. The maximum absolute atomic E-state index is 13.2. The molecule has 1 aromatic heterocycles. The Morgan fingerprint density at radius 3 is 2.69 bits per heavy atom. The summed E-state index contributed by atoms with van der Waals surface area (Å²) in [5, 5.41) is 0. The number of hydrogen-bond acceptors (Lipinski definition) is 6. The van der Waals surface area contributed by atoms with Crippen LogP contribution in [0.5, 0.6) is 5.75 Å². The van der Waals surface area contributed by atoms with Crippen molar-refractivity contribution in [2.45, 2.75) is 13.3 Å². The van der Waals surface area contributed by atoms with Gasteiger partial charge in [-0.05, 0) is 30.3 Å². The van der Waals surface area contributed by atoms with Crippen LogP contribution < -0.4 is 14.5 Å². The Labute approximate surface area is 186 Å². The van der Waals surface area contributed by atoms with Gasteiger partial charge in [0.15, 0.2) is 11.5 Å². The maximum atomic E-state index is 13.2. The molecule has 2 amide bonds. The standard InChI is InChI=1S/C24H26N4O4/c1-16-25-21-14-19(6-7-22(21)32-16)28-15-17(12-23(28)29)24(30)27-10-8-26(9-11-27)18-4-3-5-20(13-18)31-2/h3-7,13-14,17H,8-12,15H2,1-2H3/t17-/m0/s1. The minimum atomic E-state index is -0.319. The number of aryl methyl sites for hydroxylation is 1. The zero-order chi connectivity index (χ0) is 22.2. The van der Waals surface area contributed by atoms with Gasteiger partial charge in [0.2, 0.25) is 11.8 Å². The summed E-state index contributed by atoms with van der Waals surface area (Å²) in [6.07, 6.45) is 0.241. The lowest BCUT2D eigenvalue weighted by Gasteiger charge is -2.37. The van der Waals surface area contributed by atoms with Crippen molar-refractivity contribution in [2.24, 2.45) is 5.92 Å². The Hall–Kier alpha value is -3.55. The molecule has 0 saturated carbocycles. The summed E-state index contributed by atoms with van der Waals surface area (Å²) in [4.78, 5) is 36.1. The summed E-state index contributed by atoms with van der Waals surface area (Å²) in [6, 6.07) is 13.5. The summed E-state index contributed by atoms with van der Waals surface area (Å²) >= 11 is 0. The number of carbonyl (C=O) groups is 2. The molecular formula is C24H26N4O4. The van der Waals surface area contributed by atoms with E-state index in [1.54, 1.807) is 18.9 Å². The second kappa shape index (κ2) is 8.18. The highest BCUT2D eigenvalue weighted by molar-refractivity contribution is 6.01. The number of anilines is 2. The van der Waals surface area contributed by atoms with Crippen LogP contribution in [0.25, 0.3) is 11.1 Å². The molecule has 0 bridgehead atoms. The first-order valence-corrected chi connectivity index (χ1v) is 10.9. The molecule has 1 atom stereocenters. The normalized spacial score (nSPS) is 19.1. The molecule has 2 fully saturated rings. The number of methoxy groups -OCH3 is 1. The van der Waals surface area contributed by atoms with Gasteiger partial charge in [0, 0.05) is 63.5 Å². The van der Waals surface area contributed by atoms with Crippen LogP contribution in [0.1, 0.15) is 12.3 Å². The fourth-order valence-electron chi connectivity index (χ4n) is 4.57. The molecule has 166 valence electrons. The van der Waals surface area contributed by atoms with E-state index in [-0.39, 0.29) is 24.2 Å². The van der Waals surface area contributed by atoms with Crippen LogP contribution in [0.15, 0.2) is 46.9 Å². The average Bonchev–Trinajstić information content (AvgIpc) is 3.39. The van der Waals surface area contributed by atoms with Crippen molar-refractivity contribution in [1.82, 2.24) is 9.88 Å². The molecule has 2 aromatic carbocycles. The van der Waals surface area contributed by atoms with E-state index in [0.717, 1.165) is 35.7 Å². The Morgan fingerprint density at radius 1 is 1.09 bits per heavy atom. The van der Waals surface area contributed by atoms with E-state index in [1.165, 1.54) is 0 Å². The first-order chi connectivity index (χ1) is 15.5. The second-order valence-corrected chi connectivity index (χ2v) is 8.30. The molecule has 2 aliphatic heterocycles. The van der Waals surface area contributed by atoms with Gasteiger partial charge in [-0.3, -0.25) is 9.59 Å². The smallest absolute Gasteiger partial charge is 0.228 e. The number of piperazine rings is 1. The van der Waals surface area contributed by atoms with Crippen LogP contribution in [0.4, 0.5) is 11.4 Å². The van der Waals surface area contributed by atoms with Crippen LogP contribution in [0.2, 0.25) is 0 Å². The first-order valence-electron chi connectivity index (χ1n) is 10.9. The topological polar surface area (TPSA) is 79.1 Å². The molecule has 2 aliphatic rings. The van der Waals surface area contributed by atoms with Gasteiger partial charge in [-0.25, -0.2) is 4.98 Å². The number of benzene rings is 2. The van der Waals surface area contributed by atoms with E-state index in [0.29, 0.717) is 31.1 Å². The fraction of sp³-hybridized carbons (Fsp3) is 0.375. The summed E-state index contributed by atoms with van der Waals surface area (Å²) in [5.41, 5.74) is 3.27. The second-order valence-electron chi connectivity index (χ2n) is 8.30. The molecule has 0 unspecified atom stereocenters. The van der Waals surface area contributed by atoms with Gasteiger partial charge in [0.05, 0.1) is 13.0 Å². The number of rotatable bonds is 4. The van der Waals surface area contributed by atoms with Crippen LogP contribution >= 0.6 is 0 Å². The van der Waals surface area contributed by atoms with E-state index in [9.17, 15) is 9.59 Å². The molecule has 8 heteroatoms. The summed E-state index contributed by atoms with van der Waals surface area (Å²) < 4.78 is 10.8. The Kier molecular flexibility index (Phi) is 5.20. The first kappa shape index (κ1) is 20.4. The molecule has 32 heavy (non-hydrogen) atoms. The number of hydrogen-bond donors (Lipinski definition) is 0. The van der Waals surface area contributed by atoms with Crippen LogP contribution in [0.3, 0.4) is 0 Å². The summed E-state index contributed by atoms with van der Waals surface area (Å²) in [5.74, 6) is 1.12. The van der Waals surface area contributed by atoms with Gasteiger partial charge in [-0.1, -0.05) is 6.07 Å². The van der Waals surface area contributed by atoms with Crippen molar-refractivity contribution in [2.75, 3.05) is 49.6 Å². The molecular weight excluding hydrogens is 408 g/mol. The highest BCUT2D eigenvalue weighted by Gasteiger charge is 2.38. The quantitative estimate of drug-likeness (QED) is 0.628. The number of oxazole rings is 1. The zero-order valence-electron chi connectivity index (χ0n) is 18.3. The fourth-order valence-corrected chi connectivity index (χ4v) is 4.57. The van der Waals surface area contributed by atoms with Gasteiger partial charge < -0.3 is 23.9 Å². The SMILES string of the molecule is COc1cccc(N2CCN(C(=O)[C@H]3CC(=O)N(c4ccc5oc(C)nc5c4)C3)CC2)c1. The number of nitrogens with zero attached hydrogens (tertiary/aromatic N) is 4. The van der Waals surface area contributed by atoms with Crippen molar-refractivity contribution in [3.8, 4) is 5.75 Å². The van der Waals surface area contributed by atoms with Gasteiger partial charge in [-0.15, -0.1) is 0 Å². The number of amides is 2. The predicted octanol–water partition coefficient (Wildman–Crippen LogP) is 2.85. The highest BCUT2D eigenvalue weighted by atomic mass is 16.5. The minimum absolute atomic E-state index is 0.0297. The zero-order valence-corrected chi connectivity index (χ0v) is 18.3.